The van der Waals surface area contributed by atoms with Gasteiger partial charge in [0.25, 0.3) is 0 Å². The number of nitrogens with zero attached hydrogens (tertiary/aromatic N) is 1. The molecular weight excluding hydrogens is 358 g/mol. The Balaban J connectivity index is 1.95. The molecule has 28 heavy (non-hydrogen) atoms. The minimum absolute atomic E-state index is 0.971. The van der Waals surface area contributed by atoms with Crippen LogP contribution in [0.15, 0.2) is 48.7 Å². The van der Waals surface area contributed by atoms with Gasteiger partial charge in [-0.25, -0.2) is 4.57 Å². The Morgan fingerprint density at radius 2 is 1.61 bits per heavy atom. The number of aromatic nitrogens is 1. The molecule has 1 aromatic heterocycles. The van der Waals surface area contributed by atoms with Crippen LogP contribution in [0.4, 0.5) is 0 Å². The molecule has 0 amide bonds. The molecule has 0 spiro atoms. The summed E-state index contributed by atoms with van der Waals surface area (Å²) in [6.07, 6.45) is 2.19. The van der Waals surface area contributed by atoms with E-state index >= 15 is 0 Å². The van der Waals surface area contributed by atoms with Gasteiger partial charge in [-0.2, -0.15) is 0 Å². The lowest BCUT2D eigenvalue weighted by Gasteiger charge is -2.25. The van der Waals surface area contributed by atoms with Gasteiger partial charge < -0.3 is 4.74 Å². The number of benzene rings is 3. The van der Waals surface area contributed by atoms with Crippen molar-refractivity contribution in [1.29, 1.82) is 0 Å². The van der Waals surface area contributed by atoms with Crippen molar-refractivity contribution < 1.29 is 9.30 Å². The van der Waals surface area contributed by atoms with Gasteiger partial charge in [-0.3, -0.25) is 0 Å². The van der Waals surface area contributed by atoms with Crippen molar-refractivity contribution in [2.45, 2.75) is 33.5 Å². The first-order valence-electron chi connectivity index (χ1n) is 9.94. The summed E-state index contributed by atoms with van der Waals surface area (Å²) in [7, 11) is 0.695. The van der Waals surface area contributed by atoms with Gasteiger partial charge in [0.15, 0.2) is 6.20 Å². The third kappa shape index (κ3) is 2.36. The van der Waals surface area contributed by atoms with E-state index in [1.807, 2.05) is 0 Å². The van der Waals surface area contributed by atoms with Crippen LogP contribution >= 0.6 is 0 Å². The van der Waals surface area contributed by atoms with E-state index in [1.54, 1.807) is 0 Å². The second-order valence-electron chi connectivity index (χ2n) is 9.11. The number of fused-ring (bicyclic) bond motifs is 3. The summed E-state index contributed by atoms with van der Waals surface area (Å²) in [6.45, 7) is 11.6. The Hall–Kier alpha value is -2.65. The highest BCUT2D eigenvalue weighted by Gasteiger charge is 2.31. The van der Waals surface area contributed by atoms with Gasteiger partial charge in [-0.05, 0) is 53.3 Å². The van der Waals surface area contributed by atoms with Crippen molar-refractivity contribution in [1.82, 2.24) is 0 Å². The standard InChI is InChI=1S/C25H26NOSi/c1-15-8-7-9-17-13-20-23(16(2)22(15)17)25-24-18(10-11-26(25)3)12-19(28(4,5)6)14-21(24)27-20/h7-14H,1-6H3/q+1. The summed E-state index contributed by atoms with van der Waals surface area (Å²) < 4.78 is 8.83. The molecule has 0 atom stereocenters. The van der Waals surface area contributed by atoms with Crippen LogP contribution in [-0.2, 0) is 7.05 Å². The zero-order valence-corrected chi connectivity index (χ0v) is 18.5. The van der Waals surface area contributed by atoms with Crippen LogP contribution in [0.25, 0.3) is 32.8 Å². The van der Waals surface area contributed by atoms with E-state index < -0.39 is 8.07 Å². The first-order chi connectivity index (χ1) is 13.3. The monoisotopic (exact) mass is 384 g/mol. The second-order valence-corrected chi connectivity index (χ2v) is 14.2. The molecule has 0 unspecified atom stereocenters. The molecule has 0 aliphatic carbocycles. The summed E-state index contributed by atoms with van der Waals surface area (Å²) in [4.78, 5) is 0. The topological polar surface area (TPSA) is 13.1 Å². The zero-order valence-electron chi connectivity index (χ0n) is 17.5. The summed E-state index contributed by atoms with van der Waals surface area (Å²) in [5.41, 5.74) is 5.10. The van der Waals surface area contributed by atoms with Gasteiger partial charge in [0.05, 0.1) is 19.0 Å². The Morgan fingerprint density at radius 3 is 2.36 bits per heavy atom. The van der Waals surface area contributed by atoms with Gasteiger partial charge in [-0.1, -0.05) is 49.1 Å². The Bertz CT molecular complexity index is 1300. The number of hydrogen-bond acceptors (Lipinski definition) is 1. The molecule has 140 valence electrons. The molecule has 0 bridgehead atoms. The van der Waals surface area contributed by atoms with Crippen LogP contribution in [0, 0.1) is 13.8 Å². The highest BCUT2D eigenvalue weighted by atomic mass is 28.3. The van der Waals surface area contributed by atoms with Crippen molar-refractivity contribution >= 4 is 34.8 Å². The van der Waals surface area contributed by atoms with Gasteiger partial charge >= 0.3 is 0 Å². The Labute approximate surface area is 167 Å². The molecule has 0 saturated heterocycles. The van der Waals surface area contributed by atoms with E-state index in [9.17, 15) is 0 Å². The fraction of sp³-hybridized carbons (Fsp3) is 0.240. The van der Waals surface area contributed by atoms with Crippen molar-refractivity contribution in [3.8, 4) is 22.8 Å². The van der Waals surface area contributed by atoms with Crippen LogP contribution in [0.2, 0.25) is 19.6 Å². The molecule has 3 heteroatoms. The molecule has 2 heterocycles. The van der Waals surface area contributed by atoms with Crippen molar-refractivity contribution in [3.05, 3.63) is 59.8 Å². The Morgan fingerprint density at radius 1 is 0.857 bits per heavy atom. The van der Waals surface area contributed by atoms with Crippen molar-refractivity contribution in [2.75, 3.05) is 0 Å². The average Bonchev–Trinajstić information content (AvgIpc) is 2.62. The minimum atomic E-state index is -1.45. The van der Waals surface area contributed by atoms with Gasteiger partial charge in [-0.15, -0.1) is 0 Å². The predicted octanol–water partition coefficient (Wildman–Crippen LogP) is 5.75. The van der Waals surface area contributed by atoms with Crippen molar-refractivity contribution in [3.63, 3.8) is 0 Å². The minimum Gasteiger partial charge on any atom is -0.456 e. The molecule has 1 aliphatic rings. The van der Waals surface area contributed by atoms with Crippen LogP contribution in [0.5, 0.6) is 11.5 Å². The number of aryl methyl sites for hydroxylation is 3. The lowest BCUT2D eigenvalue weighted by Crippen LogP contribution is -2.38. The van der Waals surface area contributed by atoms with E-state index in [4.69, 9.17) is 4.74 Å². The fourth-order valence-corrected chi connectivity index (χ4v) is 5.77. The summed E-state index contributed by atoms with van der Waals surface area (Å²) in [5, 5.41) is 6.53. The molecule has 1 aliphatic heterocycles. The molecular formula is C25H26NOSi+. The molecule has 0 N–H and O–H groups in total. The summed E-state index contributed by atoms with van der Waals surface area (Å²) in [6, 6.07) is 15.6. The Kier molecular flexibility index (Phi) is 3.54. The molecule has 0 fully saturated rings. The maximum Gasteiger partial charge on any atom is 0.228 e. The molecule has 4 aromatic rings. The van der Waals surface area contributed by atoms with E-state index in [0.29, 0.717) is 0 Å². The maximum absolute atomic E-state index is 6.58. The molecule has 0 radical (unpaired) electrons. The number of pyridine rings is 1. The van der Waals surface area contributed by atoms with E-state index in [1.165, 1.54) is 49.1 Å². The molecule has 2 nitrogen and oxygen atoms in total. The molecule has 3 aromatic carbocycles. The quantitative estimate of drug-likeness (QED) is 0.265. The van der Waals surface area contributed by atoms with Crippen LogP contribution < -0.4 is 14.5 Å². The van der Waals surface area contributed by atoms with Gasteiger partial charge in [0, 0.05) is 6.07 Å². The largest absolute Gasteiger partial charge is 0.456 e. The zero-order chi connectivity index (χ0) is 19.8. The highest BCUT2D eigenvalue weighted by molar-refractivity contribution is 6.88. The SMILES string of the molecule is Cc1cccc2cc3c(c(C)c12)-c1c2c(cc([Si](C)(C)C)cc2cc[n+]1C)O3. The van der Waals surface area contributed by atoms with E-state index in [-0.39, 0.29) is 0 Å². The normalized spacial score (nSPS) is 12.9. The predicted molar refractivity (Wildman–Crippen MR) is 121 cm³/mol. The van der Waals surface area contributed by atoms with Gasteiger partial charge in [0.2, 0.25) is 5.69 Å². The smallest absolute Gasteiger partial charge is 0.228 e. The maximum atomic E-state index is 6.58. The first kappa shape index (κ1) is 17.4. The number of hydrogen-bond donors (Lipinski definition) is 0. The summed E-state index contributed by atoms with van der Waals surface area (Å²) in [5.74, 6) is 1.97. The van der Waals surface area contributed by atoms with Crippen LogP contribution in [-0.4, -0.2) is 8.07 Å². The lowest BCUT2D eigenvalue weighted by atomic mass is 9.90. The van der Waals surface area contributed by atoms with Gasteiger partial charge in [0.1, 0.15) is 18.5 Å². The van der Waals surface area contributed by atoms with Crippen LogP contribution in [0.3, 0.4) is 0 Å². The highest BCUT2D eigenvalue weighted by Crippen LogP contribution is 2.48. The second kappa shape index (κ2) is 5.68. The lowest BCUT2D eigenvalue weighted by molar-refractivity contribution is -0.659. The van der Waals surface area contributed by atoms with E-state index in [2.05, 4.69) is 93.8 Å². The number of ether oxygens (including phenoxy) is 1. The third-order valence-electron chi connectivity index (χ3n) is 6.11. The number of rotatable bonds is 1. The van der Waals surface area contributed by atoms with E-state index in [0.717, 1.165) is 11.5 Å². The van der Waals surface area contributed by atoms with Crippen molar-refractivity contribution in [2.24, 2.45) is 7.05 Å². The fourth-order valence-electron chi connectivity index (χ4n) is 4.62. The average molecular weight is 385 g/mol. The summed E-state index contributed by atoms with van der Waals surface area (Å²) >= 11 is 0. The molecule has 5 rings (SSSR count). The molecule has 0 saturated carbocycles. The first-order valence-corrected chi connectivity index (χ1v) is 13.4. The van der Waals surface area contributed by atoms with Crippen LogP contribution in [0.1, 0.15) is 11.1 Å². The third-order valence-corrected chi connectivity index (χ3v) is 8.13.